The van der Waals surface area contributed by atoms with E-state index in [1.54, 1.807) is 0 Å². The highest BCUT2D eigenvalue weighted by molar-refractivity contribution is 6.30. The summed E-state index contributed by atoms with van der Waals surface area (Å²) in [4.78, 5) is 15.2. The summed E-state index contributed by atoms with van der Waals surface area (Å²) in [5, 5.41) is 0.255. The normalized spacial score (nSPS) is 15.6. The van der Waals surface area contributed by atoms with Crippen LogP contribution in [0.5, 0.6) is 0 Å². The molecular weight excluding hydrogens is 205 g/mol. The molecule has 1 aliphatic rings. The molecule has 14 heavy (non-hydrogen) atoms. The Balaban J connectivity index is 2.11. The van der Waals surface area contributed by atoms with E-state index in [-0.39, 0.29) is 28.8 Å². The second-order valence-corrected chi connectivity index (χ2v) is 3.94. The van der Waals surface area contributed by atoms with Gasteiger partial charge in [-0.15, -0.1) is 0 Å². The van der Waals surface area contributed by atoms with Crippen molar-refractivity contribution in [2.24, 2.45) is 5.92 Å². The minimum atomic E-state index is -0.494. The maximum absolute atomic E-state index is 13.2. The topological polar surface area (TPSA) is 30.0 Å². The first-order valence-corrected chi connectivity index (χ1v) is 4.87. The molecule has 1 aromatic rings. The number of hydrogen-bond donors (Lipinski definition) is 0. The number of aromatic nitrogens is 1. The first kappa shape index (κ1) is 9.59. The van der Waals surface area contributed by atoms with Crippen LogP contribution in [0.1, 0.15) is 18.5 Å². The lowest BCUT2D eigenvalue weighted by Crippen LogP contribution is -2.08. The molecule has 0 spiro atoms. The van der Waals surface area contributed by atoms with Gasteiger partial charge in [0.25, 0.3) is 0 Å². The Morgan fingerprint density at radius 2 is 2.36 bits per heavy atom. The lowest BCUT2D eigenvalue weighted by molar-refractivity contribution is -0.119. The van der Waals surface area contributed by atoms with Crippen molar-refractivity contribution in [2.75, 3.05) is 0 Å². The summed E-state index contributed by atoms with van der Waals surface area (Å²) in [6.45, 7) is 0. The van der Waals surface area contributed by atoms with Gasteiger partial charge in [0.2, 0.25) is 0 Å². The zero-order chi connectivity index (χ0) is 10.1. The van der Waals surface area contributed by atoms with E-state index in [0.717, 1.165) is 12.8 Å². The summed E-state index contributed by atoms with van der Waals surface area (Å²) in [5.41, 5.74) is 0.200. The summed E-state index contributed by atoms with van der Waals surface area (Å²) in [6.07, 6.45) is 3.33. The van der Waals surface area contributed by atoms with Crippen LogP contribution in [0.2, 0.25) is 5.02 Å². The summed E-state index contributed by atoms with van der Waals surface area (Å²) >= 11 is 5.54. The number of carbonyl (C=O) groups is 1. The molecule has 1 aromatic heterocycles. The van der Waals surface area contributed by atoms with Gasteiger partial charge in [-0.3, -0.25) is 9.78 Å². The van der Waals surface area contributed by atoms with Gasteiger partial charge in [0.05, 0.1) is 17.1 Å². The average Bonchev–Trinajstić information content (AvgIpc) is 2.92. The number of pyridine rings is 1. The van der Waals surface area contributed by atoms with E-state index < -0.39 is 5.82 Å². The number of hydrogen-bond acceptors (Lipinski definition) is 2. The Hall–Kier alpha value is -0.960. The van der Waals surface area contributed by atoms with Gasteiger partial charge in [0, 0.05) is 12.1 Å². The van der Waals surface area contributed by atoms with Crippen LogP contribution in [-0.4, -0.2) is 10.8 Å². The molecule has 0 radical (unpaired) electrons. The van der Waals surface area contributed by atoms with Crippen molar-refractivity contribution in [1.82, 2.24) is 4.98 Å². The third-order valence-corrected chi connectivity index (χ3v) is 2.47. The lowest BCUT2D eigenvalue weighted by Gasteiger charge is -2.00. The van der Waals surface area contributed by atoms with E-state index in [1.165, 1.54) is 12.3 Å². The highest BCUT2D eigenvalue weighted by Gasteiger charge is 2.29. The standard InChI is InChI=1S/C10H9ClFNO/c11-7-3-8(12)9(13-5-7)4-10(14)6-1-2-6/h3,5-6H,1-2,4H2. The summed E-state index contributed by atoms with van der Waals surface area (Å²) in [7, 11) is 0. The Morgan fingerprint density at radius 3 is 2.93 bits per heavy atom. The van der Waals surface area contributed by atoms with Gasteiger partial charge in [-0.1, -0.05) is 11.6 Å². The largest absolute Gasteiger partial charge is 0.299 e. The van der Waals surface area contributed by atoms with Gasteiger partial charge >= 0.3 is 0 Å². The summed E-state index contributed by atoms with van der Waals surface area (Å²) in [6, 6.07) is 1.18. The highest BCUT2D eigenvalue weighted by atomic mass is 35.5. The number of Topliss-reactive ketones (excluding diaryl/α,β-unsaturated/α-hetero) is 1. The first-order valence-electron chi connectivity index (χ1n) is 4.49. The van der Waals surface area contributed by atoms with Crippen LogP contribution < -0.4 is 0 Å². The van der Waals surface area contributed by atoms with Crippen molar-refractivity contribution in [1.29, 1.82) is 0 Å². The number of halogens is 2. The molecule has 1 heterocycles. The van der Waals surface area contributed by atoms with Crippen molar-refractivity contribution in [2.45, 2.75) is 19.3 Å². The van der Waals surface area contributed by atoms with Crippen LogP contribution in [0.4, 0.5) is 4.39 Å². The molecule has 0 aromatic carbocycles. The second kappa shape index (κ2) is 3.65. The van der Waals surface area contributed by atoms with Gasteiger partial charge in [-0.25, -0.2) is 4.39 Å². The van der Waals surface area contributed by atoms with Crippen molar-refractivity contribution >= 4 is 17.4 Å². The van der Waals surface area contributed by atoms with Gasteiger partial charge in [-0.05, 0) is 18.9 Å². The van der Waals surface area contributed by atoms with Crippen molar-refractivity contribution < 1.29 is 9.18 Å². The van der Waals surface area contributed by atoms with Crippen LogP contribution in [0.25, 0.3) is 0 Å². The molecular formula is C10H9ClFNO. The van der Waals surface area contributed by atoms with E-state index >= 15 is 0 Å². The molecule has 0 saturated heterocycles. The van der Waals surface area contributed by atoms with Crippen molar-refractivity contribution in [3.63, 3.8) is 0 Å². The van der Waals surface area contributed by atoms with Crippen molar-refractivity contribution in [3.05, 3.63) is 28.8 Å². The molecule has 1 fully saturated rings. The molecule has 0 aliphatic heterocycles. The molecule has 2 rings (SSSR count). The van der Waals surface area contributed by atoms with Gasteiger partial charge in [-0.2, -0.15) is 0 Å². The number of ketones is 1. The minimum Gasteiger partial charge on any atom is -0.299 e. The third-order valence-electron chi connectivity index (χ3n) is 2.26. The van der Waals surface area contributed by atoms with Gasteiger partial charge in [0.1, 0.15) is 11.6 Å². The highest BCUT2D eigenvalue weighted by Crippen LogP contribution is 2.31. The quantitative estimate of drug-likeness (QED) is 0.772. The van der Waals surface area contributed by atoms with Gasteiger partial charge < -0.3 is 0 Å². The molecule has 0 unspecified atom stereocenters. The molecule has 0 atom stereocenters. The first-order chi connectivity index (χ1) is 6.66. The maximum Gasteiger partial charge on any atom is 0.146 e. The predicted octanol–water partition coefficient (Wildman–Crippen LogP) is 2.40. The fraction of sp³-hybridized carbons (Fsp3) is 0.400. The maximum atomic E-state index is 13.2. The van der Waals surface area contributed by atoms with Crippen LogP contribution in [0, 0.1) is 11.7 Å². The van der Waals surface area contributed by atoms with E-state index in [2.05, 4.69) is 4.98 Å². The average molecular weight is 214 g/mol. The molecule has 0 N–H and O–H groups in total. The fourth-order valence-corrected chi connectivity index (χ4v) is 1.43. The van der Waals surface area contributed by atoms with Crippen molar-refractivity contribution in [3.8, 4) is 0 Å². The summed E-state index contributed by atoms with van der Waals surface area (Å²) < 4.78 is 13.2. The SMILES string of the molecule is O=C(Cc1ncc(Cl)cc1F)C1CC1. The van der Waals surface area contributed by atoms with E-state index in [0.29, 0.717) is 0 Å². The molecule has 0 amide bonds. The van der Waals surface area contributed by atoms with Crippen LogP contribution in [-0.2, 0) is 11.2 Å². The monoisotopic (exact) mass is 213 g/mol. The second-order valence-electron chi connectivity index (χ2n) is 3.50. The minimum absolute atomic E-state index is 0.0822. The molecule has 1 saturated carbocycles. The molecule has 1 aliphatic carbocycles. The Morgan fingerprint density at radius 1 is 1.64 bits per heavy atom. The predicted molar refractivity (Wildman–Crippen MR) is 50.6 cm³/mol. The van der Waals surface area contributed by atoms with E-state index in [9.17, 15) is 9.18 Å². The fourth-order valence-electron chi connectivity index (χ4n) is 1.29. The number of nitrogens with zero attached hydrogens (tertiary/aromatic N) is 1. The lowest BCUT2D eigenvalue weighted by atomic mass is 10.1. The molecule has 4 heteroatoms. The third kappa shape index (κ3) is 2.10. The molecule has 0 bridgehead atoms. The van der Waals surface area contributed by atoms with Gasteiger partial charge in [0.15, 0.2) is 0 Å². The van der Waals surface area contributed by atoms with E-state index in [1.807, 2.05) is 0 Å². The Labute approximate surface area is 86.1 Å². The molecule has 2 nitrogen and oxygen atoms in total. The number of rotatable bonds is 3. The van der Waals surface area contributed by atoms with Crippen LogP contribution in [0.15, 0.2) is 12.3 Å². The zero-order valence-electron chi connectivity index (χ0n) is 7.46. The van der Waals surface area contributed by atoms with Crippen LogP contribution >= 0.6 is 11.6 Å². The smallest absolute Gasteiger partial charge is 0.146 e. The van der Waals surface area contributed by atoms with Crippen LogP contribution in [0.3, 0.4) is 0 Å². The Kier molecular flexibility index (Phi) is 2.50. The molecule has 74 valence electrons. The van der Waals surface area contributed by atoms with E-state index in [4.69, 9.17) is 11.6 Å². The summed E-state index contributed by atoms with van der Waals surface area (Å²) in [5.74, 6) is -0.267. The zero-order valence-corrected chi connectivity index (χ0v) is 8.22. The Bertz CT molecular complexity index is 376. The number of carbonyl (C=O) groups excluding carboxylic acids is 1.